The van der Waals surface area contributed by atoms with Crippen molar-refractivity contribution in [2.75, 3.05) is 13.1 Å². The zero-order valence-electron chi connectivity index (χ0n) is 18.5. The van der Waals surface area contributed by atoms with E-state index in [1.54, 1.807) is 59.9 Å². The summed E-state index contributed by atoms with van der Waals surface area (Å²) >= 11 is 0. The fourth-order valence-corrected chi connectivity index (χ4v) is 4.47. The highest BCUT2D eigenvalue weighted by atomic mass is 16.5. The van der Waals surface area contributed by atoms with Crippen molar-refractivity contribution in [2.24, 2.45) is 0 Å². The second-order valence-corrected chi connectivity index (χ2v) is 8.73. The van der Waals surface area contributed by atoms with Crippen molar-refractivity contribution in [3.8, 4) is 11.5 Å². The Balaban J connectivity index is 1.51. The summed E-state index contributed by atoms with van der Waals surface area (Å²) in [5, 5.41) is 24.5. The predicted octanol–water partition coefficient (Wildman–Crippen LogP) is 3.78. The maximum absolute atomic E-state index is 13.1. The van der Waals surface area contributed by atoms with Gasteiger partial charge in [0.15, 0.2) is 5.75 Å². The molecule has 0 spiro atoms. The summed E-state index contributed by atoms with van der Waals surface area (Å²) in [5.41, 5.74) is 1.54. The zero-order valence-corrected chi connectivity index (χ0v) is 18.5. The van der Waals surface area contributed by atoms with Crippen LogP contribution in [0.25, 0.3) is 16.5 Å². The van der Waals surface area contributed by atoms with Crippen molar-refractivity contribution < 1.29 is 29.0 Å². The second kappa shape index (κ2) is 7.35. The molecule has 1 atom stereocenters. The molecule has 2 N–H and O–H groups in total. The van der Waals surface area contributed by atoms with Gasteiger partial charge in [-0.15, -0.1) is 0 Å². The number of carbonyl (C=O) groups excluding carboxylic acids is 1. The first kappa shape index (κ1) is 21.0. The first-order valence-corrected chi connectivity index (χ1v) is 10.6. The first-order chi connectivity index (χ1) is 15.6. The van der Waals surface area contributed by atoms with Gasteiger partial charge < -0.3 is 24.3 Å². The molecule has 9 heteroatoms. The highest BCUT2D eigenvalue weighted by Gasteiger charge is 2.35. The van der Waals surface area contributed by atoms with Crippen LogP contribution in [0.1, 0.15) is 45.4 Å². The number of amides is 1. The molecule has 1 fully saturated rings. The van der Waals surface area contributed by atoms with E-state index in [1.165, 1.54) is 0 Å². The van der Waals surface area contributed by atoms with Gasteiger partial charge in [-0.1, -0.05) is 0 Å². The van der Waals surface area contributed by atoms with Gasteiger partial charge in [-0.2, -0.15) is 5.10 Å². The number of nitrogens with zero attached hydrogens (tertiary/aromatic N) is 3. The number of aliphatic hydroxyl groups is 1. The van der Waals surface area contributed by atoms with Gasteiger partial charge in [-0.25, -0.2) is 9.31 Å². The lowest BCUT2D eigenvalue weighted by atomic mass is 10.1. The lowest BCUT2D eigenvalue weighted by Crippen LogP contribution is -2.34. The van der Waals surface area contributed by atoms with Crippen LogP contribution in [-0.2, 0) is 0 Å². The number of aromatic carboxylic acids is 1. The number of ether oxygens (including phenoxy) is 1. The molecule has 4 heterocycles. The third-order valence-electron chi connectivity index (χ3n) is 6.14. The smallest absolute Gasteiger partial charge is 0.339 e. The number of carboxylic acids is 1. The molecule has 1 aliphatic heterocycles. The zero-order chi connectivity index (χ0) is 23.5. The second-order valence-electron chi connectivity index (χ2n) is 8.73. The number of hydrogen-bond donors (Lipinski definition) is 2. The number of benzene rings is 1. The molecular weight excluding hydrogens is 426 g/mol. The molecule has 9 nitrogen and oxygen atoms in total. The van der Waals surface area contributed by atoms with Crippen molar-refractivity contribution in [3.05, 3.63) is 59.1 Å². The summed E-state index contributed by atoms with van der Waals surface area (Å²) < 4.78 is 13.3. The average Bonchev–Trinajstić information content (AvgIpc) is 3.39. The molecule has 1 amide bonds. The number of hydrogen-bond acceptors (Lipinski definition) is 6. The highest BCUT2D eigenvalue weighted by molar-refractivity contribution is 6.04. The molecule has 3 aromatic heterocycles. The Bertz CT molecular complexity index is 1430. The van der Waals surface area contributed by atoms with Gasteiger partial charge in [0.2, 0.25) is 0 Å². The number of furan rings is 1. The van der Waals surface area contributed by atoms with Gasteiger partial charge in [0.1, 0.15) is 28.2 Å². The van der Waals surface area contributed by atoms with E-state index in [0.29, 0.717) is 52.3 Å². The monoisotopic (exact) mass is 449 g/mol. The van der Waals surface area contributed by atoms with Crippen LogP contribution in [0.15, 0.2) is 41.1 Å². The fourth-order valence-electron chi connectivity index (χ4n) is 4.47. The molecule has 0 unspecified atom stereocenters. The fraction of sp³-hybridized carbons (Fsp3) is 0.292. The van der Waals surface area contributed by atoms with E-state index in [0.717, 1.165) is 5.56 Å². The average molecular weight is 449 g/mol. The minimum atomic E-state index is -1.05. The van der Waals surface area contributed by atoms with E-state index in [1.807, 2.05) is 6.92 Å². The van der Waals surface area contributed by atoms with Crippen LogP contribution < -0.4 is 4.74 Å². The van der Waals surface area contributed by atoms with Crippen LogP contribution in [-0.4, -0.2) is 55.3 Å². The number of aryl methyl sites for hydroxylation is 2. The largest absolute Gasteiger partial charge is 0.478 e. The van der Waals surface area contributed by atoms with Crippen molar-refractivity contribution in [1.82, 2.24) is 14.5 Å². The molecule has 33 heavy (non-hydrogen) atoms. The summed E-state index contributed by atoms with van der Waals surface area (Å²) in [6.45, 7) is 5.96. The van der Waals surface area contributed by atoms with Crippen LogP contribution in [0.2, 0.25) is 0 Å². The number of carbonyl (C=O) groups is 2. The number of rotatable bonds is 4. The standard InChI is InChI=1S/C24H23N3O6/c1-13-17(22(28)26-9-7-24(3,31)12-26)11-27-21(13)18(6-8-25-27)33-15-4-5-16-19(10-15)32-14(2)20(16)23(29)30/h4-6,8,10-11,31H,7,9,12H2,1-3H3,(H,29,30)/t24-/m1/s1. The van der Waals surface area contributed by atoms with Crippen LogP contribution in [0.3, 0.4) is 0 Å². The molecule has 1 aromatic carbocycles. The number of likely N-dealkylation sites (tertiary alicyclic amines) is 1. The van der Waals surface area contributed by atoms with Crippen LogP contribution in [0, 0.1) is 13.8 Å². The molecule has 0 radical (unpaired) electrons. The van der Waals surface area contributed by atoms with Crippen LogP contribution >= 0.6 is 0 Å². The summed E-state index contributed by atoms with van der Waals surface area (Å²) in [6, 6.07) is 6.68. The van der Waals surface area contributed by atoms with Crippen molar-refractivity contribution in [2.45, 2.75) is 32.8 Å². The number of carboxylic acid groups (broad SMARTS) is 1. The Morgan fingerprint density at radius 3 is 2.73 bits per heavy atom. The van der Waals surface area contributed by atoms with E-state index in [-0.39, 0.29) is 18.0 Å². The predicted molar refractivity (Wildman–Crippen MR) is 119 cm³/mol. The van der Waals surface area contributed by atoms with Crippen molar-refractivity contribution >= 4 is 28.4 Å². The normalized spacial score (nSPS) is 18.4. The molecule has 0 aliphatic carbocycles. The Kier molecular flexibility index (Phi) is 4.68. The molecular formula is C24H23N3O6. The van der Waals surface area contributed by atoms with Crippen molar-refractivity contribution in [3.63, 3.8) is 0 Å². The Morgan fingerprint density at radius 2 is 2.03 bits per heavy atom. The van der Waals surface area contributed by atoms with Gasteiger partial charge in [0.25, 0.3) is 5.91 Å². The van der Waals surface area contributed by atoms with E-state index in [9.17, 15) is 19.8 Å². The summed E-state index contributed by atoms with van der Waals surface area (Å²) in [7, 11) is 0. The summed E-state index contributed by atoms with van der Waals surface area (Å²) in [4.78, 5) is 26.3. The number of aromatic nitrogens is 2. The van der Waals surface area contributed by atoms with Gasteiger partial charge >= 0.3 is 5.97 Å². The molecule has 170 valence electrons. The maximum atomic E-state index is 13.1. The minimum Gasteiger partial charge on any atom is -0.478 e. The third-order valence-corrected chi connectivity index (χ3v) is 6.14. The van der Waals surface area contributed by atoms with Gasteiger partial charge in [-0.3, -0.25) is 4.79 Å². The SMILES string of the molecule is Cc1oc2cc(Oc3ccnn4cc(C(=O)N5CC[C@@](C)(O)C5)c(C)c34)ccc2c1C(=O)O. The molecule has 1 aliphatic rings. The van der Waals surface area contributed by atoms with E-state index < -0.39 is 11.6 Å². The van der Waals surface area contributed by atoms with E-state index in [4.69, 9.17) is 9.15 Å². The minimum absolute atomic E-state index is 0.134. The Morgan fingerprint density at radius 1 is 1.24 bits per heavy atom. The summed E-state index contributed by atoms with van der Waals surface area (Å²) in [5.74, 6) is 0.0838. The first-order valence-electron chi connectivity index (χ1n) is 10.6. The molecule has 4 aromatic rings. The van der Waals surface area contributed by atoms with Gasteiger partial charge in [0, 0.05) is 36.8 Å². The Hall–Kier alpha value is -3.85. The molecule has 0 saturated carbocycles. The summed E-state index contributed by atoms with van der Waals surface area (Å²) in [6.07, 6.45) is 3.79. The lowest BCUT2D eigenvalue weighted by molar-refractivity contribution is 0.0572. The van der Waals surface area contributed by atoms with Gasteiger partial charge in [0.05, 0.1) is 17.4 Å². The molecule has 5 rings (SSSR count). The Labute approximate surface area is 188 Å². The van der Waals surface area contributed by atoms with Crippen LogP contribution in [0.5, 0.6) is 11.5 Å². The molecule has 1 saturated heterocycles. The third kappa shape index (κ3) is 3.50. The quantitative estimate of drug-likeness (QED) is 0.487. The molecule has 0 bridgehead atoms. The lowest BCUT2D eigenvalue weighted by Gasteiger charge is -2.18. The van der Waals surface area contributed by atoms with Crippen LogP contribution in [0.4, 0.5) is 0 Å². The number of fused-ring (bicyclic) bond motifs is 2. The van der Waals surface area contributed by atoms with E-state index >= 15 is 0 Å². The number of β-amino-alcohol motifs (C(OH)–C–C–N with tert-alkyl or cyclic N) is 1. The maximum Gasteiger partial charge on any atom is 0.339 e. The van der Waals surface area contributed by atoms with E-state index in [2.05, 4.69) is 5.10 Å². The highest BCUT2D eigenvalue weighted by Crippen LogP contribution is 2.34. The van der Waals surface area contributed by atoms with Crippen molar-refractivity contribution in [1.29, 1.82) is 0 Å². The van der Waals surface area contributed by atoms with Gasteiger partial charge in [-0.05, 0) is 44.9 Å². The topological polar surface area (TPSA) is 118 Å².